The number of nitrogens with two attached hydrogens (primary N) is 1. The van der Waals surface area contributed by atoms with Crippen molar-refractivity contribution in [2.45, 2.75) is 19.3 Å². The van der Waals surface area contributed by atoms with Crippen molar-refractivity contribution in [3.63, 3.8) is 0 Å². The first-order valence-corrected chi connectivity index (χ1v) is 4.37. The summed E-state index contributed by atoms with van der Waals surface area (Å²) >= 11 is 0. The van der Waals surface area contributed by atoms with E-state index in [9.17, 15) is 4.79 Å². The summed E-state index contributed by atoms with van der Waals surface area (Å²) in [5, 5.41) is 0. The molecule has 0 aromatic heterocycles. The molecule has 2 aliphatic carbocycles. The van der Waals surface area contributed by atoms with Crippen LogP contribution >= 0.6 is 0 Å². The Balaban J connectivity index is 1.84. The number of rotatable bonds is 2. The minimum Gasteiger partial charge on any atom is -0.373 e. The van der Waals surface area contributed by atoms with Gasteiger partial charge >= 0.3 is 5.97 Å². The first kappa shape index (κ1) is 7.80. The number of fused-ring (bicyclic) bond motifs is 1. The Morgan fingerprint density at radius 2 is 2.50 bits per heavy atom. The molecule has 0 spiro atoms. The van der Waals surface area contributed by atoms with Gasteiger partial charge in [-0.15, -0.1) is 0 Å². The Bertz CT molecular complexity index is 225. The van der Waals surface area contributed by atoms with Gasteiger partial charge < -0.3 is 4.84 Å². The van der Waals surface area contributed by atoms with Crippen LogP contribution in [0.5, 0.6) is 0 Å². The van der Waals surface area contributed by atoms with E-state index in [0.717, 1.165) is 12.3 Å². The van der Waals surface area contributed by atoms with Crippen LogP contribution in [0.15, 0.2) is 12.2 Å². The molecule has 0 heterocycles. The zero-order chi connectivity index (χ0) is 8.55. The standard InChI is InChI=1S/C9H13NO2/c10-12-9(11)5-7-4-6-2-1-3-8(6)7/h1,3,6-8H,2,4-5,10H2/t6?,7-,8?/m1/s1. The summed E-state index contributed by atoms with van der Waals surface area (Å²) in [6.45, 7) is 0. The Labute approximate surface area is 71.5 Å². The zero-order valence-corrected chi connectivity index (χ0v) is 6.90. The van der Waals surface area contributed by atoms with E-state index in [2.05, 4.69) is 17.0 Å². The van der Waals surface area contributed by atoms with Crippen molar-refractivity contribution in [2.24, 2.45) is 23.7 Å². The highest BCUT2D eigenvalue weighted by atomic mass is 16.7. The van der Waals surface area contributed by atoms with E-state index in [1.54, 1.807) is 0 Å². The van der Waals surface area contributed by atoms with Gasteiger partial charge in [-0.2, -0.15) is 5.90 Å². The predicted octanol–water partition coefficient (Wildman–Crippen LogP) is 1.01. The molecule has 12 heavy (non-hydrogen) atoms. The van der Waals surface area contributed by atoms with E-state index in [1.165, 1.54) is 6.42 Å². The first-order valence-electron chi connectivity index (χ1n) is 4.37. The van der Waals surface area contributed by atoms with E-state index < -0.39 is 0 Å². The van der Waals surface area contributed by atoms with Crippen LogP contribution in [0, 0.1) is 17.8 Å². The second kappa shape index (κ2) is 2.90. The molecule has 66 valence electrons. The van der Waals surface area contributed by atoms with Gasteiger partial charge in [0, 0.05) is 0 Å². The third-order valence-corrected chi connectivity index (χ3v) is 3.05. The van der Waals surface area contributed by atoms with E-state index >= 15 is 0 Å². The number of carbonyl (C=O) groups is 1. The maximum absolute atomic E-state index is 10.8. The third-order valence-electron chi connectivity index (χ3n) is 3.05. The SMILES string of the molecule is NOC(=O)C[C@H]1CC2CC=CC21. The van der Waals surface area contributed by atoms with Crippen molar-refractivity contribution in [2.75, 3.05) is 0 Å². The van der Waals surface area contributed by atoms with Crippen LogP contribution in [-0.4, -0.2) is 5.97 Å². The van der Waals surface area contributed by atoms with Gasteiger partial charge in [0.25, 0.3) is 0 Å². The highest BCUT2D eigenvalue weighted by molar-refractivity contribution is 5.69. The van der Waals surface area contributed by atoms with Gasteiger partial charge in [-0.05, 0) is 30.6 Å². The molecule has 0 bridgehead atoms. The summed E-state index contributed by atoms with van der Waals surface area (Å²) < 4.78 is 0. The fourth-order valence-corrected chi connectivity index (χ4v) is 2.35. The molecule has 0 aliphatic heterocycles. The molecule has 3 nitrogen and oxygen atoms in total. The Morgan fingerprint density at radius 1 is 1.67 bits per heavy atom. The molecule has 0 amide bonds. The third kappa shape index (κ3) is 1.14. The maximum atomic E-state index is 10.8. The lowest BCUT2D eigenvalue weighted by molar-refractivity contribution is -0.147. The number of hydrogen-bond acceptors (Lipinski definition) is 3. The minimum absolute atomic E-state index is 0.279. The second-order valence-electron chi connectivity index (χ2n) is 3.69. The molecule has 2 aliphatic rings. The molecular formula is C9H13NO2. The lowest BCUT2D eigenvalue weighted by Crippen LogP contribution is -2.34. The molecular weight excluding hydrogens is 154 g/mol. The largest absolute Gasteiger partial charge is 0.373 e. The number of hydrogen-bond donors (Lipinski definition) is 1. The summed E-state index contributed by atoms with van der Waals surface area (Å²) in [6, 6.07) is 0. The van der Waals surface area contributed by atoms with Gasteiger partial charge in [0.1, 0.15) is 0 Å². The average molecular weight is 167 g/mol. The van der Waals surface area contributed by atoms with Crippen molar-refractivity contribution in [3.8, 4) is 0 Å². The lowest BCUT2D eigenvalue weighted by Gasteiger charge is -2.39. The highest BCUT2D eigenvalue weighted by Crippen LogP contribution is 2.48. The van der Waals surface area contributed by atoms with Gasteiger partial charge in [-0.25, -0.2) is 0 Å². The summed E-state index contributed by atoms with van der Waals surface area (Å²) in [7, 11) is 0. The normalized spacial score (nSPS) is 37.2. The molecule has 1 saturated carbocycles. The number of carbonyl (C=O) groups excluding carboxylic acids is 1. The summed E-state index contributed by atoms with van der Waals surface area (Å²) in [4.78, 5) is 15.0. The van der Waals surface area contributed by atoms with Crippen LogP contribution < -0.4 is 5.90 Å². The van der Waals surface area contributed by atoms with Crippen molar-refractivity contribution in [3.05, 3.63) is 12.2 Å². The van der Waals surface area contributed by atoms with E-state index in [0.29, 0.717) is 18.3 Å². The quantitative estimate of drug-likeness (QED) is 0.493. The van der Waals surface area contributed by atoms with Crippen LogP contribution in [0.2, 0.25) is 0 Å². The lowest BCUT2D eigenvalue weighted by atomic mass is 9.65. The van der Waals surface area contributed by atoms with Crippen molar-refractivity contribution in [1.29, 1.82) is 0 Å². The molecule has 3 atom stereocenters. The van der Waals surface area contributed by atoms with E-state index in [-0.39, 0.29) is 5.97 Å². The van der Waals surface area contributed by atoms with Crippen LogP contribution in [0.3, 0.4) is 0 Å². The minimum atomic E-state index is -0.279. The molecule has 3 heteroatoms. The molecule has 2 rings (SSSR count). The first-order chi connectivity index (χ1) is 5.81. The second-order valence-corrected chi connectivity index (χ2v) is 3.69. The average Bonchev–Trinajstić information content (AvgIpc) is 2.42. The number of allylic oxidation sites excluding steroid dienone is 2. The molecule has 1 fully saturated rings. The van der Waals surface area contributed by atoms with Crippen LogP contribution in [0.4, 0.5) is 0 Å². The summed E-state index contributed by atoms with van der Waals surface area (Å²) in [5.41, 5.74) is 0. The Kier molecular flexibility index (Phi) is 1.89. The van der Waals surface area contributed by atoms with Crippen molar-refractivity contribution < 1.29 is 9.63 Å². The van der Waals surface area contributed by atoms with E-state index in [1.807, 2.05) is 0 Å². The van der Waals surface area contributed by atoms with Crippen LogP contribution in [-0.2, 0) is 9.63 Å². The van der Waals surface area contributed by atoms with Gasteiger partial charge in [0.2, 0.25) is 0 Å². The summed E-state index contributed by atoms with van der Waals surface area (Å²) in [5.74, 6) is 6.42. The molecule has 0 aromatic rings. The fourth-order valence-electron chi connectivity index (χ4n) is 2.35. The maximum Gasteiger partial charge on any atom is 0.324 e. The van der Waals surface area contributed by atoms with Crippen molar-refractivity contribution >= 4 is 5.97 Å². The van der Waals surface area contributed by atoms with Crippen LogP contribution in [0.25, 0.3) is 0 Å². The Hall–Kier alpha value is -0.830. The van der Waals surface area contributed by atoms with Crippen molar-refractivity contribution in [1.82, 2.24) is 0 Å². The molecule has 2 unspecified atom stereocenters. The van der Waals surface area contributed by atoms with Gasteiger partial charge in [0.05, 0.1) is 6.42 Å². The predicted molar refractivity (Wildman–Crippen MR) is 43.7 cm³/mol. The Morgan fingerprint density at radius 3 is 3.17 bits per heavy atom. The van der Waals surface area contributed by atoms with E-state index in [4.69, 9.17) is 5.90 Å². The monoisotopic (exact) mass is 167 g/mol. The highest BCUT2D eigenvalue weighted by Gasteiger charge is 2.41. The van der Waals surface area contributed by atoms with Crippen LogP contribution in [0.1, 0.15) is 19.3 Å². The van der Waals surface area contributed by atoms with Gasteiger partial charge in [-0.1, -0.05) is 12.2 Å². The van der Waals surface area contributed by atoms with Gasteiger partial charge in [0.15, 0.2) is 0 Å². The molecule has 0 radical (unpaired) electrons. The topological polar surface area (TPSA) is 52.3 Å². The molecule has 0 aromatic carbocycles. The molecule has 2 N–H and O–H groups in total. The smallest absolute Gasteiger partial charge is 0.324 e. The zero-order valence-electron chi connectivity index (χ0n) is 6.90. The molecule has 0 saturated heterocycles. The van der Waals surface area contributed by atoms with Gasteiger partial charge in [-0.3, -0.25) is 4.79 Å². The summed E-state index contributed by atoms with van der Waals surface area (Å²) in [6.07, 6.45) is 7.28. The fraction of sp³-hybridized carbons (Fsp3) is 0.667.